The summed E-state index contributed by atoms with van der Waals surface area (Å²) in [5.74, 6) is -0.851. The molecule has 2 aromatic carbocycles. The number of benzene rings is 2. The predicted octanol–water partition coefficient (Wildman–Crippen LogP) is 5.23. The number of nitrogens with zero attached hydrogens (tertiary/aromatic N) is 1. The van der Waals surface area contributed by atoms with Crippen molar-refractivity contribution < 1.29 is 19.4 Å². The average Bonchev–Trinajstić information content (AvgIpc) is 2.92. The van der Waals surface area contributed by atoms with E-state index in [1.165, 1.54) is 30.6 Å². The van der Waals surface area contributed by atoms with Crippen LogP contribution in [0.4, 0.5) is 4.39 Å². The fraction of sp³-hybridized carbons (Fsp3) is 0.150. The molecule has 0 unspecified atom stereocenters. The molecular weight excluding hydrogens is 353 g/mol. The van der Waals surface area contributed by atoms with Gasteiger partial charge in [0.2, 0.25) is 0 Å². The van der Waals surface area contributed by atoms with Crippen LogP contribution in [0.15, 0.2) is 41.6 Å². The lowest BCUT2D eigenvalue weighted by atomic mass is 9.97. The van der Waals surface area contributed by atoms with E-state index in [1.54, 1.807) is 24.4 Å². The number of aryl methyl sites for hydroxylation is 1. The lowest BCUT2D eigenvalue weighted by Crippen LogP contribution is -1.88. The summed E-state index contributed by atoms with van der Waals surface area (Å²) in [5.41, 5.74) is 4.37. The van der Waals surface area contributed by atoms with Crippen LogP contribution in [-0.2, 0) is 4.84 Å². The van der Waals surface area contributed by atoms with Gasteiger partial charge in [-0.2, -0.15) is 0 Å². The summed E-state index contributed by atoms with van der Waals surface area (Å²) in [4.78, 5) is 6.62. The van der Waals surface area contributed by atoms with Crippen LogP contribution in [0.1, 0.15) is 16.0 Å². The molecule has 6 heteroatoms. The molecule has 1 aromatic heterocycles. The number of halogens is 1. The molecule has 0 atom stereocenters. The summed E-state index contributed by atoms with van der Waals surface area (Å²) in [6, 6.07) is 9.53. The third kappa shape index (κ3) is 3.28. The van der Waals surface area contributed by atoms with E-state index < -0.39 is 5.82 Å². The number of thiophene rings is 1. The molecule has 0 spiro atoms. The normalized spacial score (nSPS) is 11.2. The fourth-order valence-electron chi connectivity index (χ4n) is 2.91. The van der Waals surface area contributed by atoms with Gasteiger partial charge in [0.15, 0.2) is 11.6 Å². The second-order valence-electron chi connectivity index (χ2n) is 5.88. The molecule has 0 aliphatic carbocycles. The number of phenolic OH excluding ortho intramolecular Hbond substituents is 2. The zero-order chi connectivity index (χ0) is 18.8. The van der Waals surface area contributed by atoms with Gasteiger partial charge >= 0.3 is 0 Å². The summed E-state index contributed by atoms with van der Waals surface area (Å²) in [6.45, 7) is 3.89. The van der Waals surface area contributed by atoms with Gasteiger partial charge in [-0.25, -0.2) is 4.39 Å². The molecule has 0 fully saturated rings. The van der Waals surface area contributed by atoms with Gasteiger partial charge in [0.05, 0.1) is 11.1 Å². The Bertz CT molecular complexity index is 995. The van der Waals surface area contributed by atoms with Crippen LogP contribution in [0.3, 0.4) is 0 Å². The minimum Gasteiger partial charge on any atom is -0.508 e. The second-order valence-corrected chi connectivity index (χ2v) is 6.93. The number of phenols is 2. The number of oxime groups is 1. The fourth-order valence-corrected chi connectivity index (χ4v) is 4.19. The SMILES string of the molecule is CO/N=C/c1sc(-c2ccc(O)cc2C)c(C)c1-c1ccc(O)c(F)c1. The lowest BCUT2D eigenvalue weighted by molar-refractivity contribution is 0.215. The highest BCUT2D eigenvalue weighted by Gasteiger charge is 2.19. The van der Waals surface area contributed by atoms with Crippen molar-refractivity contribution in [3.63, 3.8) is 0 Å². The smallest absolute Gasteiger partial charge is 0.165 e. The van der Waals surface area contributed by atoms with Crippen LogP contribution in [0.2, 0.25) is 0 Å². The quantitative estimate of drug-likeness (QED) is 0.488. The first-order chi connectivity index (χ1) is 12.4. The first-order valence-corrected chi connectivity index (χ1v) is 8.72. The standard InChI is InChI=1S/C20H18FNO3S/c1-11-8-14(23)5-6-15(11)20-12(2)19(18(26-20)10-22-25-3)13-4-7-17(24)16(21)9-13/h4-10,23-24H,1-3H3/b22-10+. The van der Waals surface area contributed by atoms with E-state index in [1.807, 2.05) is 19.9 Å². The Morgan fingerprint density at radius 3 is 2.54 bits per heavy atom. The summed E-state index contributed by atoms with van der Waals surface area (Å²) < 4.78 is 13.9. The van der Waals surface area contributed by atoms with Gasteiger partial charge in [-0.05, 0) is 66.4 Å². The van der Waals surface area contributed by atoms with E-state index in [9.17, 15) is 14.6 Å². The van der Waals surface area contributed by atoms with Crippen LogP contribution < -0.4 is 0 Å². The highest BCUT2D eigenvalue weighted by molar-refractivity contribution is 7.18. The zero-order valence-electron chi connectivity index (χ0n) is 14.6. The molecule has 3 aromatic rings. The van der Waals surface area contributed by atoms with Gasteiger partial charge in [-0.15, -0.1) is 11.3 Å². The van der Waals surface area contributed by atoms with Crippen LogP contribution >= 0.6 is 11.3 Å². The average molecular weight is 371 g/mol. The van der Waals surface area contributed by atoms with Crippen molar-refractivity contribution in [1.82, 2.24) is 0 Å². The lowest BCUT2D eigenvalue weighted by Gasteiger charge is -2.07. The van der Waals surface area contributed by atoms with Crippen molar-refractivity contribution in [1.29, 1.82) is 0 Å². The van der Waals surface area contributed by atoms with Crippen LogP contribution in [-0.4, -0.2) is 23.5 Å². The van der Waals surface area contributed by atoms with Crippen molar-refractivity contribution in [3.8, 4) is 33.1 Å². The first-order valence-electron chi connectivity index (χ1n) is 7.91. The Balaban J connectivity index is 2.24. The molecule has 0 saturated carbocycles. The van der Waals surface area contributed by atoms with Crippen molar-refractivity contribution >= 4 is 17.6 Å². The van der Waals surface area contributed by atoms with Gasteiger partial charge in [0.1, 0.15) is 12.9 Å². The largest absolute Gasteiger partial charge is 0.508 e. The Morgan fingerprint density at radius 2 is 1.88 bits per heavy atom. The molecule has 26 heavy (non-hydrogen) atoms. The monoisotopic (exact) mass is 371 g/mol. The summed E-state index contributed by atoms with van der Waals surface area (Å²) >= 11 is 1.51. The van der Waals surface area contributed by atoms with E-state index in [2.05, 4.69) is 5.16 Å². The summed E-state index contributed by atoms with van der Waals surface area (Å²) in [7, 11) is 1.46. The highest BCUT2D eigenvalue weighted by Crippen LogP contribution is 2.43. The van der Waals surface area contributed by atoms with E-state index in [0.29, 0.717) is 5.56 Å². The molecule has 0 saturated heterocycles. The molecule has 3 rings (SSSR count). The van der Waals surface area contributed by atoms with Crippen molar-refractivity contribution in [2.45, 2.75) is 13.8 Å². The zero-order valence-corrected chi connectivity index (χ0v) is 15.4. The van der Waals surface area contributed by atoms with Crippen LogP contribution in [0.25, 0.3) is 21.6 Å². The number of rotatable bonds is 4. The molecular formula is C20H18FNO3S. The van der Waals surface area contributed by atoms with E-state index in [0.717, 1.165) is 32.0 Å². The molecule has 134 valence electrons. The van der Waals surface area contributed by atoms with Crippen LogP contribution in [0, 0.1) is 19.7 Å². The Hall–Kier alpha value is -2.86. The van der Waals surface area contributed by atoms with Gasteiger partial charge in [0.25, 0.3) is 0 Å². The molecule has 0 aliphatic rings. The Labute approximate surface area is 154 Å². The maximum absolute atomic E-state index is 13.9. The third-order valence-corrected chi connectivity index (χ3v) is 5.40. The van der Waals surface area contributed by atoms with Crippen molar-refractivity contribution in [2.75, 3.05) is 7.11 Å². The van der Waals surface area contributed by atoms with Gasteiger partial charge in [0, 0.05) is 10.4 Å². The third-order valence-electron chi connectivity index (χ3n) is 4.14. The second kappa shape index (κ2) is 7.17. The number of hydrogen-bond acceptors (Lipinski definition) is 5. The Morgan fingerprint density at radius 1 is 1.12 bits per heavy atom. The predicted molar refractivity (Wildman–Crippen MR) is 103 cm³/mol. The molecule has 1 heterocycles. The maximum Gasteiger partial charge on any atom is 0.165 e. The molecule has 0 amide bonds. The number of aromatic hydroxyl groups is 2. The van der Waals surface area contributed by atoms with E-state index in [4.69, 9.17) is 4.84 Å². The molecule has 0 bridgehead atoms. The highest BCUT2D eigenvalue weighted by atomic mass is 32.1. The molecule has 4 nitrogen and oxygen atoms in total. The van der Waals surface area contributed by atoms with Gasteiger partial charge in [-0.3, -0.25) is 0 Å². The molecule has 2 N–H and O–H groups in total. The minimum atomic E-state index is -0.676. The minimum absolute atomic E-state index is 0.211. The van der Waals surface area contributed by atoms with E-state index >= 15 is 0 Å². The van der Waals surface area contributed by atoms with Crippen molar-refractivity contribution in [3.05, 3.63) is 58.2 Å². The van der Waals surface area contributed by atoms with Gasteiger partial charge in [-0.1, -0.05) is 11.2 Å². The summed E-state index contributed by atoms with van der Waals surface area (Å²) in [5, 5.41) is 23.0. The summed E-state index contributed by atoms with van der Waals surface area (Å²) in [6.07, 6.45) is 1.59. The molecule has 0 radical (unpaired) electrons. The van der Waals surface area contributed by atoms with E-state index in [-0.39, 0.29) is 11.5 Å². The van der Waals surface area contributed by atoms with Crippen LogP contribution in [0.5, 0.6) is 11.5 Å². The topological polar surface area (TPSA) is 62.0 Å². The first kappa shape index (κ1) is 17.9. The maximum atomic E-state index is 13.9. The number of hydrogen-bond donors (Lipinski definition) is 2. The van der Waals surface area contributed by atoms with Crippen molar-refractivity contribution in [2.24, 2.45) is 5.16 Å². The molecule has 0 aliphatic heterocycles. The van der Waals surface area contributed by atoms with Gasteiger partial charge < -0.3 is 15.1 Å². The Kier molecular flexibility index (Phi) is 4.95.